The first kappa shape index (κ1) is 29.7. The maximum absolute atomic E-state index is 15.1. The molecule has 0 bridgehead atoms. The molecule has 2 aromatic heterocycles. The van der Waals surface area contributed by atoms with Gasteiger partial charge in [0.25, 0.3) is 0 Å². The van der Waals surface area contributed by atoms with E-state index in [1.165, 1.54) is 12.3 Å². The summed E-state index contributed by atoms with van der Waals surface area (Å²) in [4.78, 5) is 22.8. The van der Waals surface area contributed by atoms with Crippen molar-refractivity contribution in [3.63, 3.8) is 0 Å². The first-order chi connectivity index (χ1) is 19.6. The molecule has 1 saturated heterocycles. The molecule has 1 aliphatic rings. The van der Waals surface area contributed by atoms with E-state index in [2.05, 4.69) is 20.6 Å². The fraction of sp³-hybridized carbons (Fsp3) is 0.400. The molecular formula is C30H34F2N6O3. The van der Waals surface area contributed by atoms with Gasteiger partial charge in [-0.15, -0.1) is 0 Å². The van der Waals surface area contributed by atoms with Crippen molar-refractivity contribution in [3.8, 4) is 6.07 Å². The zero-order chi connectivity index (χ0) is 29.4. The molecule has 1 fully saturated rings. The molecule has 0 spiro atoms. The molecule has 2 N–H and O–H groups in total. The summed E-state index contributed by atoms with van der Waals surface area (Å²) in [6, 6.07) is 13.5. The number of nitrogens with zero attached hydrogens (tertiary/aromatic N) is 4. The minimum atomic E-state index is -0.727. The van der Waals surface area contributed by atoms with Crippen molar-refractivity contribution in [2.75, 3.05) is 41.8 Å². The van der Waals surface area contributed by atoms with Crippen LogP contribution in [0.5, 0.6) is 0 Å². The number of carbonyl (C=O) groups is 1. The van der Waals surface area contributed by atoms with Gasteiger partial charge in [0.15, 0.2) is 29.1 Å². The molecule has 0 unspecified atom stereocenters. The number of morpholine rings is 1. The van der Waals surface area contributed by atoms with Gasteiger partial charge in [0.2, 0.25) is 0 Å². The second-order valence-corrected chi connectivity index (χ2v) is 10.7. The zero-order valence-electron chi connectivity index (χ0n) is 23.4. The summed E-state index contributed by atoms with van der Waals surface area (Å²) in [7, 11) is 0. The smallest absolute Gasteiger partial charge is 0.306 e. The van der Waals surface area contributed by atoms with Crippen LogP contribution in [0.25, 0.3) is 0 Å². The Labute approximate surface area is 238 Å². The molecule has 0 aliphatic carbocycles. The van der Waals surface area contributed by atoms with Crippen LogP contribution < -0.4 is 15.5 Å². The molecule has 9 nitrogen and oxygen atoms in total. The number of hydrogen-bond acceptors (Lipinski definition) is 9. The van der Waals surface area contributed by atoms with E-state index < -0.39 is 17.2 Å². The summed E-state index contributed by atoms with van der Waals surface area (Å²) >= 11 is 0. The lowest BCUT2D eigenvalue weighted by molar-refractivity contribution is -0.155. The highest BCUT2D eigenvalue weighted by Gasteiger charge is 2.22. The number of anilines is 4. The van der Waals surface area contributed by atoms with Gasteiger partial charge in [0.05, 0.1) is 30.7 Å². The van der Waals surface area contributed by atoms with Crippen LogP contribution in [0.4, 0.5) is 31.9 Å². The third-order valence-electron chi connectivity index (χ3n) is 6.27. The van der Waals surface area contributed by atoms with Gasteiger partial charge >= 0.3 is 5.97 Å². The second kappa shape index (κ2) is 13.4. The Morgan fingerprint density at radius 2 is 1.88 bits per heavy atom. The number of pyridine rings is 2. The van der Waals surface area contributed by atoms with Crippen molar-refractivity contribution in [3.05, 3.63) is 71.4 Å². The minimum absolute atomic E-state index is 0.0438. The Morgan fingerprint density at radius 3 is 2.54 bits per heavy atom. The number of halogens is 2. The van der Waals surface area contributed by atoms with Crippen LogP contribution in [0.1, 0.15) is 44.7 Å². The average Bonchev–Trinajstić information content (AvgIpc) is 2.93. The second-order valence-electron chi connectivity index (χ2n) is 10.7. The van der Waals surface area contributed by atoms with E-state index in [1.54, 1.807) is 25.7 Å². The summed E-state index contributed by atoms with van der Waals surface area (Å²) in [5.74, 6) is -1.47. The van der Waals surface area contributed by atoms with Gasteiger partial charge < -0.3 is 25.0 Å². The number of nitriles is 1. The summed E-state index contributed by atoms with van der Waals surface area (Å²) in [6.45, 7) is 7.44. The maximum atomic E-state index is 15.1. The summed E-state index contributed by atoms with van der Waals surface area (Å²) in [5.41, 5.74) is 0.574. The molecule has 1 aromatic carbocycles. The predicted molar refractivity (Wildman–Crippen MR) is 152 cm³/mol. The molecule has 4 rings (SSSR count). The number of rotatable bonds is 10. The lowest BCUT2D eigenvalue weighted by atomic mass is 10.0. The predicted octanol–water partition coefficient (Wildman–Crippen LogP) is 5.35. The number of esters is 1. The number of aromatic nitrogens is 2. The van der Waals surface area contributed by atoms with Crippen molar-refractivity contribution in [2.24, 2.45) is 0 Å². The van der Waals surface area contributed by atoms with E-state index in [1.807, 2.05) is 36.4 Å². The zero-order valence-corrected chi connectivity index (χ0v) is 23.4. The summed E-state index contributed by atoms with van der Waals surface area (Å²) in [6.07, 6.45) is 2.40. The van der Waals surface area contributed by atoms with E-state index in [9.17, 15) is 14.4 Å². The van der Waals surface area contributed by atoms with Gasteiger partial charge in [0.1, 0.15) is 11.7 Å². The van der Waals surface area contributed by atoms with Crippen molar-refractivity contribution in [1.29, 1.82) is 5.26 Å². The van der Waals surface area contributed by atoms with Crippen LogP contribution in [0, 0.1) is 23.0 Å². The molecule has 1 atom stereocenters. The van der Waals surface area contributed by atoms with Gasteiger partial charge in [-0.05, 0) is 45.2 Å². The standard InChI is InChI=1S/C30H34F2N6O3/c1-30(2,3)41-26(39)10-9-22(15-20-7-5-4-6-8-20)35-28-24(31)16-21(18-33)27(37-28)36-23-17-25(32)29(34-19-23)38-11-13-40-14-12-38/h4-8,16-17,19,22H,9-15H2,1-3H3,(H2,35,36,37)/t22-/m0/s1. The number of hydrogen-bond donors (Lipinski definition) is 2. The molecule has 1 aliphatic heterocycles. The van der Waals surface area contributed by atoms with Gasteiger partial charge in [-0.25, -0.2) is 18.7 Å². The number of benzene rings is 1. The number of carbonyl (C=O) groups excluding carboxylic acids is 1. The van der Waals surface area contributed by atoms with E-state index in [4.69, 9.17) is 9.47 Å². The minimum Gasteiger partial charge on any atom is -0.460 e. The Kier molecular flexibility index (Phi) is 9.68. The van der Waals surface area contributed by atoms with E-state index in [0.29, 0.717) is 39.1 Å². The third-order valence-corrected chi connectivity index (χ3v) is 6.27. The normalized spacial score (nSPS) is 14.2. The fourth-order valence-electron chi connectivity index (χ4n) is 4.42. The topological polar surface area (TPSA) is 112 Å². The lowest BCUT2D eigenvalue weighted by Crippen LogP contribution is -2.37. The Balaban J connectivity index is 1.54. The van der Waals surface area contributed by atoms with Crippen molar-refractivity contribution < 1.29 is 23.0 Å². The molecule has 0 radical (unpaired) electrons. The SMILES string of the molecule is CC(C)(C)OC(=O)CC[C@@H](Cc1ccccc1)Nc1nc(Nc2cnc(N3CCOCC3)c(F)c2)c(C#N)cc1F. The van der Waals surface area contributed by atoms with Gasteiger partial charge in [0, 0.05) is 31.6 Å². The van der Waals surface area contributed by atoms with Crippen molar-refractivity contribution in [1.82, 2.24) is 9.97 Å². The first-order valence-corrected chi connectivity index (χ1v) is 13.5. The largest absolute Gasteiger partial charge is 0.460 e. The molecule has 3 heterocycles. The number of nitrogens with one attached hydrogen (secondary N) is 2. The van der Waals surface area contributed by atoms with Crippen LogP contribution in [-0.4, -0.2) is 53.9 Å². The van der Waals surface area contributed by atoms with Gasteiger partial charge in [-0.3, -0.25) is 4.79 Å². The molecular weight excluding hydrogens is 530 g/mol. The van der Waals surface area contributed by atoms with Crippen LogP contribution in [0.3, 0.4) is 0 Å². The molecule has 3 aromatic rings. The highest BCUT2D eigenvalue weighted by Crippen LogP contribution is 2.27. The Bertz CT molecular complexity index is 1390. The molecule has 41 heavy (non-hydrogen) atoms. The third kappa shape index (κ3) is 8.59. The van der Waals surface area contributed by atoms with Gasteiger partial charge in [-0.1, -0.05) is 30.3 Å². The molecule has 216 valence electrons. The summed E-state index contributed by atoms with van der Waals surface area (Å²) < 4.78 is 40.8. The maximum Gasteiger partial charge on any atom is 0.306 e. The monoisotopic (exact) mass is 564 g/mol. The highest BCUT2D eigenvalue weighted by atomic mass is 19.1. The van der Waals surface area contributed by atoms with E-state index in [0.717, 1.165) is 11.6 Å². The molecule has 0 saturated carbocycles. The first-order valence-electron chi connectivity index (χ1n) is 13.5. The Hall–Kier alpha value is -4.30. The van der Waals surface area contributed by atoms with E-state index in [-0.39, 0.29) is 47.1 Å². The van der Waals surface area contributed by atoms with E-state index >= 15 is 4.39 Å². The Morgan fingerprint density at radius 1 is 1.15 bits per heavy atom. The average molecular weight is 565 g/mol. The van der Waals surface area contributed by atoms with Crippen molar-refractivity contribution in [2.45, 2.75) is 51.7 Å². The van der Waals surface area contributed by atoms with Crippen molar-refractivity contribution >= 4 is 29.1 Å². The molecule has 0 amide bonds. The van der Waals surface area contributed by atoms with Crippen LogP contribution in [-0.2, 0) is 20.7 Å². The van der Waals surface area contributed by atoms with Gasteiger partial charge in [-0.2, -0.15) is 5.26 Å². The van der Waals surface area contributed by atoms with Crippen LogP contribution >= 0.6 is 0 Å². The van der Waals surface area contributed by atoms with Crippen LogP contribution in [0.2, 0.25) is 0 Å². The fourth-order valence-corrected chi connectivity index (χ4v) is 4.42. The lowest BCUT2D eigenvalue weighted by Gasteiger charge is -2.28. The molecule has 11 heteroatoms. The highest BCUT2D eigenvalue weighted by molar-refractivity contribution is 5.70. The quantitative estimate of drug-likeness (QED) is 0.315. The van der Waals surface area contributed by atoms with Crippen LogP contribution in [0.15, 0.2) is 48.7 Å². The summed E-state index contributed by atoms with van der Waals surface area (Å²) in [5, 5.41) is 15.6. The number of ether oxygens (including phenoxy) is 2.